The maximum atomic E-state index is 8.58. The summed E-state index contributed by atoms with van der Waals surface area (Å²) in [4.78, 5) is 10.2. The number of anilines is 1. The number of hydrogen-bond acceptors (Lipinski definition) is 4. The van der Waals surface area contributed by atoms with Gasteiger partial charge < -0.3 is 26.1 Å². The number of rotatable bonds is 5. The van der Waals surface area contributed by atoms with Gasteiger partial charge in [-0.3, -0.25) is 0 Å². The van der Waals surface area contributed by atoms with Crippen molar-refractivity contribution in [3.63, 3.8) is 0 Å². The van der Waals surface area contributed by atoms with Crippen LogP contribution in [0, 0.1) is 0 Å². The number of aliphatic hydroxyl groups is 1. The number of nitrogen functional groups attached to an aromatic ring is 1. The largest absolute Gasteiger partial charge is 0.395 e. The van der Waals surface area contributed by atoms with E-state index in [1.165, 1.54) is 0 Å². The number of imidazole rings is 1. The van der Waals surface area contributed by atoms with Crippen LogP contribution in [0.4, 0.5) is 5.95 Å². The van der Waals surface area contributed by atoms with Gasteiger partial charge in [-0.25, -0.2) is 0 Å². The molecule has 0 aliphatic heterocycles. The molecule has 0 atom stereocenters. The van der Waals surface area contributed by atoms with Crippen LogP contribution in [-0.4, -0.2) is 39.8 Å². The van der Waals surface area contributed by atoms with Gasteiger partial charge in [-0.2, -0.15) is 4.98 Å². The molecule has 0 aromatic carbocycles. The first-order valence-electron chi connectivity index (χ1n) is 4.94. The zero-order valence-corrected chi connectivity index (χ0v) is 8.38. The fourth-order valence-corrected chi connectivity index (χ4v) is 1.53. The summed E-state index contributed by atoms with van der Waals surface area (Å²) in [7, 11) is 0. The van der Waals surface area contributed by atoms with Crippen LogP contribution in [0.15, 0.2) is 6.07 Å². The van der Waals surface area contributed by atoms with Crippen LogP contribution in [0.5, 0.6) is 0 Å². The van der Waals surface area contributed by atoms with Crippen LogP contribution >= 0.6 is 0 Å². The van der Waals surface area contributed by atoms with Crippen molar-refractivity contribution in [3.05, 3.63) is 11.8 Å². The number of hydrogen-bond donors (Lipinski definition) is 5. The Morgan fingerprint density at radius 1 is 1.40 bits per heavy atom. The van der Waals surface area contributed by atoms with E-state index in [0.717, 1.165) is 29.8 Å². The van der Waals surface area contributed by atoms with Gasteiger partial charge in [0.05, 0.1) is 12.1 Å². The molecule has 0 spiro atoms. The molecular weight excluding hydrogens is 194 g/mol. The molecular formula is C9H15N5O. The summed E-state index contributed by atoms with van der Waals surface area (Å²) >= 11 is 0. The van der Waals surface area contributed by atoms with E-state index >= 15 is 0 Å². The Hall–Kier alpha value is -1.53. The number of aliphatic hydroxyl groups excluding tert-OH is 1. The van der Waals surface area contributed by atoms with Crippen LogP contribution in [0.2, 0.25) is 0 Å². The first-order valence-corrected chi connectivity index (χ1v) is 4.94. The number of fused-ring (bicyclic) bond motifs is 1. The summed E-state index contributed by atoms with van der Waals surface area (Å²) in [5.74, 6) is 0.432. The van der Waals surface area contributed by atoms with Gasteiger partial charge in [0, 0.05) is 25.2 Å². The molecule has 0 unspecified atom stereocenters. The van der Waals surface area contributed by atoms with Crippen LogP contribution in [0.3, 0.4) is 0 Å². The molecule has 2 heterocycles. The van der Waals surface area contributed by atoms with E-state index in [0.29, 0.717) is 12.5 Å². The van der Waals surface area contributed by atoms with Crippen molar-refractivity contribution >= 4 is 17.1 Å². The van der Waals surface area contributed by atoms with E-state index in [4.69, 9.17) is 10.8 Å². The Kier molecular flexibility index (Phi) is 2.89. The molecule has 82 valence electrons. The molecule has 6 nitrogen and oxygen atoms in total. The Bertz CT molecular complexity index is 401. The predicted octanol–water partition coefficient (Wildman–Crippen LogP) is -0.402. The second-order valence-electron chi connectivity index (χ2n) is 3.40. The van der Waals surface area contributed by atoms with Gasteiger partial charge in [0.1, 0.15) is 0 Å². The van der Waals surface area contributed by atoms with Crippen molar-refractivity contribution < 1.29 is 5.11 Å². The predicted molar refractivity (Wildman–Crippen MR) is 58.5 cm³/mol. The minimum Gasteiger partial charge on any atom is -0.395 e. The first-order chi connectivity index (χ1) is 7.29. The molecule has 0 saturated carbocycles. The van der Waals surface area contributed by atoms with Gasteiger partial charge in [-0.05, 0) is 6.07 Å². The molecule has 2 aromatic rings. The lowest BCUT2D eigenvalue weighted by molar-refractivity contribution is 0.292. The number of aromatic amines is 2. The summed E-state index contributed by atoms with van der Waals surface area (Å²) in [6.45, 7) is 1.63. The average molecular weight is 209 g/mol. The third kappa shape index (κ3) is 2.28. The van der Waals surface area contributed by atoms with E-state index in [9.17, 15) is 0 Å². The topological polar surface area (TPSA) is 103 Å². The van der Waals surface area contributed by atoms with Crippen molar-refractivity contribution in [2.45, 2.75) is 6.42 Å². The molecule has 2 rings (SSSR count). The third-order valence-corrected chi connectivity index (χ3v) is 2.21. The molecule has 0 bridgehead atoms. The summed E-state index contributed by atoms with van der Waals surface area (Å²) in [6.07, 6.45) is 0.879. The summed E-state index contributed by atoms with van der Waals surface area (Å²) < 4.78 is 0. The summed E-state index contributed by atoms with van der Waals surface area (Å²) in [5, 5.41) is 11.7. The molecule has 0 aliphatic rings. The maximum Gasteiger partial charge on any atom is 0.199 e. The van der Waals surface area contributed by atoms with Crippen LogP contribution < -0.4 is 11.1 Å². The molecule has 2 aromatic heterocycles. The number of nitrogens with one attached hydrogen (secondary N) is 3. The molecule has 6 N–H and O–H groups in total. The zero-order valence-electron chi connectivity index (χ0n) is 8.38. The SMILES string of the molecule is Nc1nc2[nH]c(CCNCCO)cc2[nH]1. The Morgan fingerprint density at radius 2 is 2.27 bits per heavy atom. The molecule has 0 saturated heterocycles. The minimum absolute atomic E-state index is 0.170. The van der Waals surface area contributed by atoms with Gasteiger partial charge in [0.2, 0.25) is 0 Å². The van der Waals surface area contributed by atoms with Crippen molar-refractivity contribution in [1.29, 1.82) is 0 Å². The molecule has 0 amide bonds. The van der Waals surface area contributed by atoms with E-state index in [1.54, 1.807) is 0 Å². The van der Waals surface area contributed by atoms with Crippen molar-refractivity contribution in [1.82, 2.24) is 20.3 Å². The van der Waals surface area contributed by atoms with E-state index in [-0.39, 0.29) is 6.61 Å². The molecule has 15 heavy (non-hydrogen) atoms. The lowest BCUT2D eigenvalue weighted by Crippen LogP contribution is -2.20. The Morgan fingerprint density at radius 3 is 3.00 bits per heavy atom. The summed E-state index contributed by atoms with van der Waals surface area (Å²) in [6, 6.07) is 2.00. The van der Waals surface area contributed by atoms with Crippen LogP contribution in [0.25, 0.3) is 11.2 Å². The lowest BCUT2D eigenvalue weighted by Gasteiger charge is -1.99. The quantitative estimate of drug-likeness (QED) is 0.432. The highest BCUT2D eigenvalue weighted by Crippen LogP contribution is 2.13. The molecule has 0 radical (unpaired) electrons. The maximum absolute atomic E-state index is 8.58. The fourth-order valence-electron chi connectivity index (χ4n) is 1.53. The fraction of sp³-hybridized carbons (Fsp3) is 0.444. The average Bonchev–Trinajstić information content (AvgIpc) is 2.69. The van der Waals surface area contributed by atoms with Crippen molar-refractivity contribution in [3.8, 4) is 0 Å². The highest BCUT2D eigenvalue weighted by atomic mass is 16.3. The summed E-state index contributed by atoms with van der Waals surface area (Å²) in [5.41, 5.74) is 8.33. The second-order valence-corrected chi connectivity index (χ2v) is 3.40. The third-order valence-electron chi connectivity index (χ3n) is 2.21. The number of nitrogens with two attached hydrogens (primary N) is 1. The molecule has 0 aliphatic carbocycles. The van der Waals surface area contributed by atoms with Gasteiger partial charge in [0.25, 0.3) is 0 Å². The molecule has 0 fully saturated rings. The smallest absolute Gasteiger partial charge is 0.199 e. The number of aromatic nitrogens is 3. The van der Waals surface area contributed by atoms with Gasteiger partial charge >= 0.3 is 0 Å². The van der Waals surface area contributed by atoms with Gasteiger partial charge in [-0.1, -0.05) is 0 Å². The Labute approximate surface area is 86.9 Å². The first kappa shape index (κ1) is 10.0. The minimum atomic E-state index is 0.170. The highest BCUT2D eigenvalue weighted by molar-refractivity contribution is 5.74. The van der Waals surface area contributed by atoms with E-state index in [2.05, 4.69) is 20.3 Å². The number of H-pyrrole nitrogens is 2. The second kappa shape index (κ2) is 4.33. The van der Waals surface area contributed by atoms with Gasteiger partial charge in [-0.15, -0.1) is 0 Å². The highest BCUT2D eigenvalue weighted by Gasteiger charge is 2.04. The van der Waals surface area contributed by atoms with E-state index in [1.807, 2.05) is 6.07 Å². The zero-order chi connectivity index (χ0) is 10.7. The van der Waals surface area contributed by atoms with E-state index < -0.39 is 0 Å². The standard InChI is InChI=1S/C9H15N5O/c10-9-13-7-5-6(12-8(7)14-9)1-2-11-3-4-15/h5,11-12,15H,1-4H2,(H3,10,13,14). The number of nitrogens with zero attached hydrogens (tertiary/aromatic N) is 1. The van der Waals surface area contributed by atoms with Gasteiger partial charge in [0.15, 0.2) is 11.6 Å². The van der Waals surface area contributed by atoms with Crippen LogP contribution in [-0.2, 0) is 6.42 Å². The monoisotopic (exact) mass is 209 g/mol. The van der Waals surface area contributed by atoms with Crippen molar-refractivity contribution in [2.24, 2.45) is 0 Å². The van der Waals surface area contributed by atoms with Crippen LogP contribution in [0.1, 0.15) is 5.69 Å². The lowest BCUT2D eigenvalue weighted by atomic mass is 10.3. The Balaban J connectivity index is 1.94. The molecule has 6 heteroatoms. The van der Waals surface area contributed by atoms with Crippen molar-refractivity contribution in [2.75, 3.05) is 25.4 Å². The normalized spacial score (nSPS) is 11.3.